The second-order valence-electron chi connectivity index (χ2n) is 5.58. The third-order valence-corrected chi connectivity index (χ3v) is 4.30. The summed E-state index contributed by atoms with van der Waals surface area (Å²) in [6.07, 6.45) is 1.48. The number of nitrogens with zero attached hydrogens (tertiary/aromatic N) is 5. The average Bonchev–Trinajstić information content (AvgIpc) is 2.77. The van der Waals surface area contributed by atoms with Crippen molar-refractivity contribution in [3.63, 3.8) is 0 Å². The molecule has 0 radical (unpaired) electrons. The topological polar surface area (TPSA) is 54.4 Å². The van der Waals surface area contributed by atoms with Crippen LogP contribution < -0.4 is 4.90 Å². The van der Waals surface area contributed by atoms with Gasteiger partial charge in [-0.1, -0.05) is 11.6 Å². The first-order valence-electron chi connectivity index (χ1n) is 7.13. The van der Waals surface area contributed by atoms with Crippen molar-refractivity contribution in [2.45, 2.75) is 6.04 Å². The molecule has 3 heterocycles. The van der Waals surface area contributed by atoms with E-state index in [0.29, 0.717) is 37.5 Å². The Bertz CT molecular complexity index is 730. The van der Waals surface area contributed by atoms with Crippen molar-refractivity contribution in [1.82, 2.24) is 19.9 Å². The van der Waals surface area contributed by atoms with Crippen LogP contribution in [0.1, 0.15) is 0 Å². The van der Waals surface area contributed by atoms with E-state index in [2.05, 4.69) is 19.9 Å². The molecular formula is C14H16Cl2FN5O. The molecular weight excluding hydrogens is 344 g/mol. The normalized spacial score (nSPS) is 19.4. The number of halogens is 3. The van der Waals surface area contributed by atoms with Crippen molar-refractivity contribution in [3.05, 3.63) is 22.5 Å². The highest BCUT2D eigenvalue weighted by atomic mass is 35.5. The van der Waals surface area contributed by atoms with Crippen molar-refractivity contribution in [2.24, 2.45) is 0 Å². The molecule has 3 rings (SSSR count). The van der Waals surface area contributed by atoms with Gasteiger partial charge in [-0.05, 0) is 25.7 Å². The zero-order valence-electron chi connectivity index (χ0n) is 12.8. The lowest BCUT2D eigenvalue weighted by atomic mass is 10.2. The van der Waals surface area contributed by atoms with Crippen LogP contribution in [0.25, 0.3) is 10.9 Å². The zero-order chi connectivity index (χ0) is 16.6. The van der Waals surface area contributed by atoms with E-state index in [-0.39, 0.29) is 22.0 Å². The van der Waals surface area contributed by atoms with Gasteiger partial charge in [0.2, 0.25) is 5.28 Å². The Morgan fingerprint density at radius 3 is 2.87 bits per heavy atom. The standard InChI is InChI=1S/C14H16Cl2FN5O/c1-21(2)8-6-22(3-4-23-7-8)13-9-5-18-12(15)10(17)11(9)19-14(16)20-13/h5,8H,3-4,6-7H2,1-2H3. The first-order valence-corrected chi connectivity index (χ1v) is 7.89. The third-order valence-electron chi connectivity index (χ3n) is 3.87. The lowest BCUT2D eigenvalue weighted by Crippen LogP contribution is -2.41. The van der Waals surface area contributed by atoms with E-state index in [1.165, 1.54) is 6.20 Å². The van der Waals surface area contributed by atoms with E-state index in [9.17, 15) is 4.39 Å². The highest BCUT2D eigenvalue weighted by Gasteiger charge is 2.24. The molecule has 1 aliphatic rings. The van der Waals surface area contributed by atoms with E-state index in [1.807, 2.05) is 19.0 Å². The quantitative estimate of drug-likeness (QED) is 0.605. The third kappa shape index (κ3) is 3.33. The van der Waals surface area contributed by atoms with Crippen LogP contribution in [-0.2, 0) is 4.74 Å². The van der Waals surface area contributed by atoms with Crippen LogP contribution >= 0.6 is 23.2 Å². The number of hydrogen-bond acceptors (Lipinski definition) is 6. The molecule has 0 bridgehead atoms. The predicted octanol–water partition coefficient (Wildman–Crippen LogP) is 2.24. The molecule has 23 heavy (non-hydrogen) atoms. The van der Waals surface area contributed by atoms with Crippen LogP contribution in [0.3, 0.4) is 0 Å². The van der Waals surface area contributed by atoms with Crippen LogP contribution in [0.4, 0.5) is 10.2 Å². The number of hydrogen-bond donors (Lipinski definition) is 0. The second-order valence-corrected chi connectivity index (χ2v) is 6.28. The minimum Gasteiger partial charge on any atom is -0.378 e. The molecule has 1 unspecified atom stereocenters. The van der Waals surface area contributed by atoms with Crippen LogP contribution in [0.2, 0.25) is 10.4 Å². The van der Waals surface area contributed by atoms with Crippen LogP contribution in [0, 0.1) is 5.82 Å². The van der Waals surface area contributed by atoms with Crippen molar-refractivity contribution in [3.8, 4) is 0 Å². The maximum Gasteiger partial charge on any atom is 0.225 e. The first-order chi connectivity index (χ1) is 11.0. The summed E-state index contributed by atoms with van der Waals surface area (Å²) in [6.45, 7) is 2.48. The van der Waals surface area contributed by atoms with Crippen LogP contribution in [-0.4, -0.2) is 66.3 Å². The van der Waals surface area contributed by atoms with Crippen molar-refractivity contribution >= 4 is 39.9 Å². The monoisotopic (exact) mass is 359 g/mol. The Balaban J connectivity index is 2.09. The van der Waals surface area contributed by atoms with Gasteiger partial charge in [0.05, 0.1) is 24.6 Å². The summed E-state index contributed by atoms with van der Waals surface area (Å²) in [7, 11) is 3.98. The minimum atomic E-state index is -0.690. The van der Waals surface area contributed by atoms with Crippen molar-refractivity contribution in [1.29, 1.82) is 0 Å². The molecule has 0 N–H and O–H groups in total. The molecule has 6 nitrogen and oxygen atoms in total. The minimum absolute atomic E-state index is 0.0276. The van der Waals surface area contributed by atoms with Crippen LogP contribution in [0.15, 0.2) is 6.20 Å². The summed E-state index contributed by atoms with van der Waals surface area (Å²) in [6, 6.07) is 0.186. The summed E-state index contributed by atoms with van der Waals surface area (Å²) in [5.41, 5.74) is 0.0755. The maximum absolute atomic E-state index is 14.2. The summed E-state index contributed by atoms with van der Waals surface area (Å²) in [4.78, 5) is 16.2. The molecule has 0 amide bonds. The molecule has 9 heteroatoms. The largest absolute Gasteiger partial charge is 0.378 e. The highest BCUT2D eigenvalue weighted by Crippen LogP contribution is 2.29. The van der Waals surface area contributed by atoms with Gasteiger partial charge in [-0.15, -0.1) is 0 Å². The summed E-state index contributed by atoms with van der Waals surface area (Å²) in [5.74, 6) is -0.148. The fourth-order valence-corrected chi connectivity index (χ4v) is 2.83. The molecule has 2 aromatic rings. The summed E-state index contributed by atoms with van der Waals surface area (Å²) < 4.78 is 19.9. The van der Waals surface area contributed by atoms with E-state index >= 15 is 0 Å². The summed E-state index contributed by atoms with van der Waals surface area (Å²) >= 11 is 11.7. The predicted molar refractivity (Wildman–Crippen MR) is 87.8 cm³/mol. The van der Waals surface area contributed by atoms with E-state index in [1.54, 1.807) is 0 Å². The Kier molecular flexibility index (Phi) is 4.82. The fraction of sp³-hybridized carbons (Fsp3) is 0.500. The molecule has 1 atom stereocenters. The first kappa shape index (κ1) is 16.6. The van der Waals surface area contributed by atoms with Gasteiger partial charge in [-0.25, -0.2) is 14.4 Å². The number of pyridine rings is 1. The van der Waals surface area contributed by atoms with Crippen molar-refractivity contribution < 1.29 is 9.13 Å². The average molecular weight is 360 g/mol. The Hall–Kier alpha value is -1.28. The van der Waals surface area contributed by atoms with E-state index < -0.39 is 5.82 Å². The van der Waals surface area contributed by atoms with E-state index in [0.717, 1.165) is 0 Å². The van der Waals surface area contributed by atoms with Gasteiger partial charge in [-0.3, -0.25) is 0 Å². The molecule has 0 saturated carbocycles. The Morgan fingerprint density at radius 2 is 2.13 bits per heavy atom. The lowest BCUT2D eigenvalue weighted by molar-refractivity contribution is 0.103. The van der Waals surface area contributed by atoms with Gasteiger partial charge in [0.15, 0.2) is 11.0 Å². The van der Waals surface area contributed by atoms with Gasteiger partial charge in [0.1, 0.15) is 11.3 Å². The lowest BCUT2D eigenvalue weighted by Gasteiger charge is -2.28. The molecule has 0 spiro atoms. The van der Waals surface area contributed by atoms with Crippen molar-refractivity contribution in [2.75, 3.05) is 45.3 Å². The maximum atomic E-state index is 14.2. The number of rotatable bonds is 2. The van der Waals surface area contributed by atoms with Gasteiger partial charge in [0, 0.05) is 19.3 Å². The molecule has 1 fully saturated rings. The van der Waals surface area contributed by atoms with Gasteiger partial charge >= 0.3 is 0 Å². The highest BCUT2D eigenvalue weighted by molar-refractivity contribution is 6.30. The number of aromatic nitrogens is 3. The Morgan fingerprint density at radius 1 is 1.35 bits per heavy atom. The smallest absolute Gasteiger partial charge is 0.225 e. The number of anilines is 1. The Labute approximate surface area is 143 Å². The second kappa shape index (κ2) is 6.68. The fourth-order valence-electron chi connectivity index (χ4n) is 2.53. The van der Waals surface area contributed by atoms with E-state index in [4.69, 9.17) is 27.9 Å². The number of ether oxygens (including phenoxy) is 1. The van der Waals surface area contributed by atoms with Gasteiger partial charge < -0.3 is 14.5 Å². The molecule has 0 aliphatic carbocycles. The molecule has 1 aliphatic heterocycles. The van der Waals surface area contributed by atoms with Gasteiger partial charge in [-0.2, -0.15) is 4.98 Å². The summed E-state index contributed by atoms with van der Waals surface area (Å²) in [5, 5.41) is 0.222. The zero-order valence-corrected chi connectivity index (χ0v) is 14.3. The number of fused-ring (bicyclic) bond motifs is 1. The molecule has 1 saturated heterocycles. The number of likely N-dealkylation sites (N-methyl/N-ethyl adjacent to an activating group) is 1. The molecule has 124 valence electrons. The molecule has 2 aromatic heterocycles. The molecule has 0 aromatic carbocycles. The SMILES string of the molecule is CN(C)C1COCCN(c2nc(Cl)nc3c(F)c(Cl)ncc23)C1. The van der Waals surface area contributed by atoms with Gasteiger partial charge in [0.25, 0.3) is 0 Å². The van der Waals surface area contributed by atoms with Crippen LogP contribution in [0.5, 0.6) is 0 Å².